The summed E-state index contributed by atoms with van der Waals surface area (Å²) >= 11 is 1.49. The minimum Gasteiger partial charge on any atom is -0.399 e. The van der Waals surface area contributed by atoms with Crippen molar-refractivity contribution in [1.82, 2.24) is 4.72 Å². The van der Waals surface area contributed by atoms with Crippen LogP contribution in [0.25, 0.3) is 0 Å². The van der Waals surface area contributed by atoms with E-state index in [4.69, 9.17) is 10.5 Å². The average Bonchev–Trinajstić information content (AvgIpc) is 2.37. The number of benzene rings is 1. The lowest BCUT2D eigenvalue weighted by molar-refractivity contribution is 0.153. The van der Waals surface area contributed by atoms with E-state index < -0.39 is 10.0 Å². The highest BCUT2D eigenvalue weighted by Gasteiger charge is 2.09. The highest BCUT2D eigenvalue weighted by Crippen LogP contribution is 2.19. The Bertz CT molecular complexity index is 460. The van der Waals surface area contributed by atoms with Crippen LogP contribution in [-0.2, 0) is 14.8 Å². The van der Waals surface area contributed by atoms with E-state index in [9.17, 15) is 8.42 Å². The van der Waals surface area contributed by atoms with E-state index in [1.165, 1.54) is 11.8 Å². The molecule has 0 aliphatic carbocycles. The fourth-order valence-electron chi connectivity index (χ4n) is 1.32. The molecule has 3 N–H and O–H groups in total. The van der Waals surface area contributed by atoms with Gasteiger partial charge in [-0.25, -0.2) is 13.1 Å². The molecular formula is C12H20N2O3S2. The molecule has 19 heavy (non-hydrogen) atoms. The van der Waals surface area contributed by atoms with Crippen LogP contribution in [-0.4, -0.2) is 39.7 Å². The summed E-state index contributed by atoms with van der Waals surface area (Å²) in [4.78, 5) is 1.01. The predicted octanol–water partition coefficient (Wildman–Crippen LogP) is 1.32. The van der Waals surface area contributed by atoms with Crippen LogP contribution in [0.15, 0.2) is 29.2 Å². The van der Waals surface area contributed by atoms with Gasteiger partial charge in [0.15, 0.2) is 0 Å². The summed E-state index contributed by atoms with van der Waals surface area (Å²) in [7, 11) is -3.22. The van der Waals surface area contributed by atoms with Gasteiger partial charge in [0, 0.05) is 29.5 Å². The number of hydrogen-bond acceptors (Lipinski definition) is 5. The Morgan fingerprint density at radius 1 is 1.32 bits per heavy atom. The van der Waals surface area contributed by atoms with Gasteiger partial charge in [0.05, 0.1) is 12.4 Å². The third-order valence-electron chi connectivity index (χ3n) is 2.27. The lowest BCUT2D eigenvalue weighted by Crippen LogP contribution is -2.30. The molecule has 1 aromatic rings. The van der Waals surface area contributed by atoms with Crippen molar-refractivity contribution in [1.29, 1.82) is 0 Å². The number of rotatable bonds is 9. The molecule has 0 aromatic heterocycles. The molecule has 1 aromatic carbocycles. The van der Waals surface area contributed by atoms with Gasteiger partial charge in [-0.05, 0) is 31.2 Å². The number of nitrogens with one attached hydrogen (secondary N) is 1. The fourth-order valence-corrected chi connectivity index (χ4v) is 3.63. The zero-order valence-corrected chi connectivity index (χ0v) is 12.6. The Kier molecular flexibility index (Phi) is 7.22. The Morgan fingerprint density at radius 2 is 2.00 bits per heavy atom. The zero-order valence-electron chi connectivity index (χ0n) is 11.0. The van der Waals surface area contributed by atoms with Crippen LogP contribution in [0.2, 0.25) is 0 Å². The van der Waals surface area contributed by atoms with Gasteiger partial charge in [0.2, 0.25) is 10.0 Å². The quantitative estimate of drug-likeness (QED) is 0.408. The summed E-state index contributed by atoms with van der Waals surface area (Å²) in [6, 6.07) is 7.37. The first-order valence-corrected chi connectivity index (χ1v) is 8.70. The SMILES string of the molecule is CCOCCNS(=O)(=O)CCSc1ccc(N)cc1. The van der Waals surface area contributed by atoms with Crippen molar-refractivity contribution in [3.05, 3.63) is 24.3 Å². The van der Waals surface area contributed by atoms with Gasteiger partial charge in [-0.2, -0.15) is 0 Å². The normalized spacial score (nSPS) is 11.6. The van der Waals surface area contributed by atoms with Crippen molar-refractivity contribution in [2.75, 3.05) is 37.0 Å². The molecule has 0 aliphatic rings. The number of anilines is 1. The van der Waals surface area contributed by atoms with Crippen molar-refractivity contribution in [3.63, 3.8) is 0 Å². The van der Waals surface area contributed by atoms with Crippen LogP contribution in [0.5, 0.6) is 0 Å². The molecule has 0 amide bonds. The molecule has 0 saturated heterocycles. The Balaban J connectivity index is 2.25. The molecule has 1 rings (SSSR count). The van der Waals surface area contributed by atoms with Gasteiger partial charge in [-0.3, -0.25) is 0 Å². The lowest BCUT2D eigenvalue weighted by Gasteiger charge is -2.06. The maximum absolute atomic E-state index is 11.6. The summed E-state index contributed by atoms with van der Waals surface area (Å²) in [5.41, 5.74) is 6.28. The largest absolute Gasteiger partial charge is 0.399 e. The first-order chi connectivity index (χ1) is 9.03. The second-order valence-corrected chi connectivity index (χ2v) is 6.92. The number of thioether (sulfide) groups is 1. The third-order valence-corrected chi connectivity index (χ3v) is 4.93. The maximum atomic E-state index is 11.6. The summed E-state index contributed by atoms with van der Waals surface area (Å²) in [5.74, 6) is 0.599. The monoisotopic (exact) mass is 304 g/mol. The second-order valence-electron chi connectivity index (χ2n) is 3.83. The standard InChI is InChI=1S/C12H20N2O3S2/c1-2-17-8-7-14-19(15,16)10-9-18-12-5-3-11(13)4-6-12/h3-6,14H,2,7-10,13H2,1H3. The van der Waals surface area contributed by atoms with Crippen LogP contribution in [0, 0.1) is 0 Å². The van der Waals surface area contributed by atoms with Crippen LogP contribution >= 0.6 is 11.8 Å². The number of sulfonamides is 1. The molecule has 0 spiro atoms. The van der Waals surface area contributed by atoms with Crippen molar-refractivity contribution in [3.8, 4) is 0 Å². The van der Waals surface area contributed by atoms with Gasteiger partial charge in [0.25, 0.3) is 0 Å². The Labute approximate surface area is 119 Å². The summed E-state index contributed by atoms with van der Waals surface area (Å²) in [6.07, 6.45) is 0. The first-order valence-electron chi connectivity index (χ1n) is 6.07. The first kappa shape index (κ1) is 16.3. The second kappa shape index (κ2) is 8.42. The number of hydrogen-bond donors (Lipinski definition) is 2. The van der Waals surface area contributed by atoms with Gasteiger partial charge in [0.1, 0.15) is 0 Å². The fraction of sp³-hybridized carbons (Fsp3) is 0.500. The topological polar surface area (TPSA) is 81.4 Å². The highest BCUT2D eigenvalue weighted by atomic mass is 32.2. The lowest BCUT2D eigenvalue weighted by atomic mass is 10.3. The predicted molar refractivity (Wildman–Crippen MR) is 79.9 cm³/mol. The highest BCUT2D eigenvalue weighted by molar-refractivity contribution is 8.00. The van der Waals surface area contributed by atoms with Crippen LogP contribution < -0.4 is 10.5 Å². The number of nitrogens with two attached hydrogens (primary N) is 1. The summed E-state index contributed by atoms with van der Waals surface area (Å²) in [6.45, 7) is 3.19. The Hall–Kier alpha value is -0.760. The molecule has 0 bridgehead atoms. The van der Waals surface area contributed by atoms with Gasteiger partial charge < -0.3 is 10.5 Å². The third kappa shape index (κ3) is 7.41. The average molecular weight is 304 g/mol. The van der Waals surface area contributed by atoms with Crippen molar-refractivity contribution in [2.45, 2.75) is 11.8 Å². The zero-order chi connectivity index (χ0) is 14.1. The number of ether oxygens (including phenoxy) is 1. The van der Waals surface area contributed by atoms with E-state index in [1.807, 2.05) is 19.1 Å². The van der Waals surface area contributed by atoms with E-state index in [-0.39, 0.29) is 5.75 Å². The van der Waals surface area contributed by atoms with E-state index in [0.717, 1.165) is 4.90 Å². The van der Waals surface area contributed by atoms with Crippen molar-refractivity contribution in [2.24, 2.45) is 0 Å². The van der Waals surface area contributed by atoms with E-state index in [0.29, 0.717) is 31.2 Å². The molecule has 0 heterocycles. The minimum atomic E-state index is -3.22. The summed E-state index contributed by atoms with van der Waals surface area (Å²) < 4.78 is 30.8. The molecular weight excluding hydrogens is 284 g/mol. The molecule has 0 unspecified atom stereocenters. The molecule has 5 nitrogen and oxygen atoms in total. The molecule has 0 aliphatic heterocycles. The molecule has 0 atom stereocenters. The van der Waals surface area contributed by atoms with Gasteiger partial charge in [-0.15, -0.1) is 11.8 Å². The van der Waals surface area contributed by atoms with E-state index >= 15 is 0 Å². The molecule has 0 radical (unpaired) electrons. The number of nitrogen functional groups attached to an aromatic ring is 1. The molecule has 0 saturated carbocycles. The van der Waals surface area contributed by atoms with Gasteiger partial charge >= 0.3 is 0 Å². The maximum Gasteiger partial charge on any atom is 0.212 e. The van der Waals surface area contributed by atoms with E-state index in [1.54, 1.807) is 12.1 Å². The molecule has 7 heteroatoms. The Morgan fingerprint density at radius 3 is 2.63 bits per heavy atom. The van der Waals surface area contributed by atoms with Crippen molar-refractivity contribution < 1.29 is 13.2 Å². The van der Waals surface area contributed by atoms with Crippen LogP contribution in [0.1, 0.15) is 6.92 Å². The van der Waals surface area contributed by atoms with Crippen LogP contribution in [0.4, 0.5) is 5.69 Å². The van der Waals surface area contributed by atoms with Crippen molar-refractivity contribution >= 4 is 27.5 Å². The van der Waals surface area contributed by atoms with E-state index in [2.05, 4.69) is 4.72 Å². The van der Waals surface area contributed by atoms with Gasteiger partial charge in [-0.1, -0.05) is 0 Å². The molecule has 108 valence electrons. The summed E-state index contributed by atoms with van der Waals surface area (Å²) in [5, 5.41) is 0. The smallest absolute Gasteiger partial charge is 0.212 e. The molecule has 0 fully saturated rings. The minimum absolute atomic E-state index is 0.0914. The van der Waals surface area contributed by atoms with Crippen LogP contribution in [0.3, 0.4) is 0 Å².